The van der Waals surface area contributed by atoms with Crippen LogP contribution in [-0.4, -0.2) is 29.0 Å². The molecule has 5 heteroatoms. The Morgan fingerprint density at radius 1 is 1.14 bits per heavy atom. The van der Waals surface area contributed by atoms with Gasteiger partial charge in [0.15, 0.2) is 11.5 Å². The molecule has 0 aliphatic rings. The molecule has 0 aliphatic heterocycles. The fourth-order valence-electron chi connectivity index (χ4n) is 2.05. The van der Waals surface area contributed by atoms with Gasteiger partial charge < -0.3 is 25.4 Å². The van der Waals surface area contributed by atoms with E-state index in [4.69, 9.17) is 4.74 Å². The topological polar surface area (TPSA) is 82.0 Å². The van der Waals surface area contributed by atoms with Crippen LogP contribution in [0.5, 0.6) is 17.2 Å². The van der Waals surface area contributed by atoms with Crippen molar-refractivity contribution in [3.8, 4) is 17.2 Å². The Bertz CT molecular complexity index is 601. The van der Waals surface area contributed by atoms with Crippen LogP contribution in [0.3, 0.4) is 0 Å². The number of phenols is 2. The van der Waals surface area contributed by atoms with Crippen molar-refractivity contribution in [2.24, 2.45) is 0 Å². The van der Waals surface area contributed by atoms with Gasteiger partial charge >= 0.3 is 0 Å². The van der Waals surface area contributed by atoms with E-state index in [-0.39, 0.29) is 11.5 Å². The molecule has 0 spiro atoms. The van der Waals surface area contributed by atoms with E-state index in [9.17, 15) is 15.3 Å². The lowest BCUT2D eigenvalue weighted by Gasteiger charge is -2.13. The maximum atomic E-state index is 10.0. The number of methoxy groups -OCH3 is 1. The Morgan fingerprint density at radius 3 is 2.62 bits per heavy atom. The van der Waals surface area contributed by atoms with E-state index in [2.05, 4.69) is 5.32 Å². The second kappa shape index (κ2) is 6.97. The number of rotatable bonds is 6. The van der Waals surface area contributed by atoms with Crippen molar-refractivity contribution in [1.29, 1.82) is 0 Å². The Kier molecular flexibility index (Phi) is 5.03. The molecular weight excluding hydrogens is 270 g/mol. The van der Waals surface area contributed by atoms with Gasteiger partial charge in [-0.3, -0.25) is 0 Å². The van der Waals surface area contributed by atoms with Crippen LogP contribution in [0.25, 0.3) is 0 Å². The quantitative estimate of drug-likeness (QED) is 0.653. The summed E-state index contributed by atoms with van der Waals surface area (Å²) in [6.07, 6.45) is -0.705. The number of phenolic OH excluding ortho intramolecular Hbond substituents is 2. The molecule has 0 fully saturated rings. The first kappa shape index (κ1) is 15.2. The number of aromatic hydroxyl groups is 2. The van der Waals surface area contributed by atoms with Crippen molar-refractivity contribution in [3.63, 3.8) is 0 Å². The second-order valence-electron chi connectivity index (χ2n) is 4.75. The first-order valence-corrected chi connectivity index (χ1v) is 6.63. The lowest BCUT2D eigenvalue weighted by Crippen LogP contribution is -2.21. The molecule has 21 heavy (non-hydrogen) atoms. The van der Waals surface area contributed by atoms with Crippen LogP contribution < -0.4 is 10.1 Å². The minimum atomic E-state index is -0.705. The molecule has 0 aromatic heterocycles. The van der Waals surface area contributed by atoms with E-state index in [1.165, 1.54) is 13.2 Å². The maximum Gasteiger partial charge on any atom is 0.160 e. The largest absolute Gasteiger partial charge is 0.508 e. The van der Waals surface area contributed by atoms with Crippen molar-refractivity contribution >= 4 is 0 Å². The van der Waals surface area contributed by atoms with Gasteiger partial charge in [0.2, 0.25) is 0 Å². The molecule has 4 N–H and O–H groups in total. The van der Waals surface area contributed by atoms with Gasteiger partial charge in [-0.1, -0.05) is 18.2 Å². The SMILES string of the molecule is COc1ccc(CNCC(O)c2cccc(O)c2)cc1O. The predicted molar refractivity (Wildman–Crippen MR) is 79.4 cm³/mol. The minimum absolute atomic E-state index is 0.0883. The number of ether oxygens (including phenoxy) is 1. The molecule has 0 heterocycles. The van der Waals surface area contributed by atoms with Gasteiger partial charge in [0.1, 0.15) is 5.75 Å². The molecule has 2 aromatic rings. The van der Waals surface area contributed by atoms with Crippen LogP contribution in [0.1, 0.15) is 17.2 Å². The van der Waals surface area contributed by atoms with Gasteiger partial charge in [-0.15, -0.1) is 0 Å². The summed E-state index contributed by atoms with van der Waals surface area (Å²) >= 11 is 0. The van der Waals surface area contributed by atoms with Crippen molar-refractivity contribution < 1.29 is 20.1 Å². The Labute approximate surface area is 123 Å². The van der Waals surface area contributed by atoms with E-state index in [1.807, 2.05) is 6.07 Å². The van der Waals surface area contributed by atoms with E-state index in [0.29, 0.717) is 24.4 Å². The minimum Gasteiger partial charge on any atom is -0.508 e. The third kappa shape index (κ3) is 4.11. The van der Waals surface area contributed by atoms with Crippen LogP contribution >= 0.6 is 0 Å². The van der Waals surface area contributed by atoms with Gasteiger partial charge in [-0.05, 0) is 35.4 Å². The molecule has 0 bridgehead atoms. The van der Waals surface area contributed by atoms with Crippen LogP contribution in [0.2, 0.25) is 0 Å². The third-order valence-electron chi connectivity index (χ3n) is 3.17. The molecule has 1 unspecified atom stereocenters. The zero-order chi connectivity index (χ0) is 15.2. The summed E-state index contributed by atoms with van der Waals surface area (Å²) in [5, 5.41) is 32.2. The van der Waals surface area contributed by atoms with Crippen molar-refractivity contribution in [2.45, 2.75) is 12.6 Å². The fourth-order valence-corrected chi connectivity index (χ4v) is 2.05. The lowest BCUT2D eigenvalue weighted by atomic mass is 10.1. The predicted octanol–water partition coefficient (Wildman–Crippen LogP) is 1.93. The molecule has 0 saturated carbocycles. The maximum absolute atomic E-state index is 10.0. The monoisotopic (exact) mass is 289 g/mol. The summed E-state index contributed by atoms with van der Waals surface area (Å²) in [6, 6.07) is 11.7. The molecule has 0 saturated heterocycles. The first-order valence-electron chi connectivity index (χ1n) is 6.63. The summed E-state index contributed by atoms with van der Waals surface area (Å²) in [7, 11) is 1.50. The Hall–Kier alpha value is -2.24. The molecule has 0 amide bonds. The van der Waals surface area contributed by atoms with E-state index in [1.54, 1.807) is 30.3 Å². The lowest BCUT2D eigenvalue weighted by molar-refractivity contribution is 0.174. The Morgan fingerprint density at radius 2 is 1.95 bits per heavy atom. The van der Waals surface area contributed by atoms with Crippen LogP contribution in [-0.2, 0) is 6.54 Å². The van der Waals surface area contributed by atoms with Gasteiger partial charge in [0, 0.05) is 13.1 Å². The highest BCUT2D eigenvalue weighted by molar-refractivity contribution is 5.41. The number of aliphatic hydroxyl groups is 1. The summed E-state index contributed by atoms with van der Waals surface area (Å²) < 4.78 is 4.98. The molecule has 1 atom stereocenters. The first-order chi connectivity index (χ1) is 10.1. The van der Waals surface area contributed by atoms with E-state index in [0.717, 1.165) is 5.56 Å². The molecule has 2 rings (SSSR count). The van der Waals surface area contributed by atoms with Crippen LogP contribution in [0.15, 0.2) is 42.5 Å². The van der Waals surface area contributed by atoms with Gasteiger partial charge in [-0.25, -0.2) is 0 Å². The van der Waals surface area contributed by atoms with Crippen LogP contribution in [0.4, 0.5) is 0 Å². The highest BCUT2D eigenvalue weighted by atomic mass is 16.5. The Balaban J connectivity index is 1.88. The smallest absolute Gasteiger partial charge is 0.160 e. The molecule has 5 nitrogen and oxygen atoms in total. The van der Waals surface area contributed by atoms with Crippen molar-refractivity contribution in [3.05, 3.63) is 53.6 Å². The van der Waals surface area contributed by atoms with Crippen molar-refractivity contribution in [2.75, 3.05) is 13.7 Å². The summed E-state index contributed by atoms with van der Waals surface area (Å²) in [4.78, 5) is 0. The average Bonchev–Trinajstić information content (AvgIpc) is 2.47. The van der Waals surface area contributed by atoms with Crippen LogP contribution in [0, 0.1) is 0 Å². The second-order valence-corrected chi connectivity index (χ2v) is 4.75. The van der Waals surface area contributed by atoms with Gasteiger partial charge in [0.05, 0.1) is 13.2 Å². The molecular formula is C16H19NO4. The van der Waals surface area contributed by atoms with E-state index < -0.39 is 6.10 Å². The number of nitrogens with one attached hydrogen (secondary N) is 1. The molecule has 2 aromatic carbocycles. The normalized spacial score (nSPS) is 12.1. The average molecular weight is 289 g/mol. The standard InChI is InChI=1S/C16H19NO4/c1-21-16-6-5-11(7-14(16)19)9-17-10-15(20)12-3-2-4-13(18)8-12/h2-8,15,17-20H,9-10H2,1H3. The summed E-state index contributed by atoms with van der Waals surface area (Å²) in [6.45, 7) is 0.851. The number of benzene rings is 2. The number of aliphatic hydroxyl groups excluding tert-OH is 1. The van der Waals surface area contributed by atoms with Gasteiger partial charge in [-0.2, -0.15) is 0 Å². The fraction of sp³-hybridized carbons (Fsp3) is 0.250. The summed E-state index contributed by atoms with van der Waals surface area (Å²) in [5.74, 6) is 0.649. The van der Waals surface area contributed by atoms with Crippen molar-refractivity contribution in [1.82, 2.24) is 5.32 Å². The van der Waals surface area contributed by atoms with Gasteiger partial charge in [0.25, 0.3) is 0 Å². The molecule has 0 radical (unpaired) electrons. The third-order valence-corrected chi connectivity index (χ3v) is 3.17. The van der Waals surface area contributed by atoms with E-state index >= 15 is 0 Å². The molecule has 0 aliphatic carbocycles. The highest BCUT2D eigenvalue weighted by Crippen LogP contribution is 2.26. The highest BCUT2D eigenvalue weighted by Gasteiger charge is 2.08. The summed E-state index contributed by atoms with van der Waals surface area (Å²) in [5.41, 5.74) is 1.54. The molecule has 112 valence electrons. The zero-order valence-electron chi connectivity index (χ0n) is 11.8. The number of hydrogen-bond donors (Lipinski definition) is 4. The zero-order valence-corrected chi connectivity index (χ0v) is 11.8. The number of hydrogen-bond acceptors (Lipinski definition) is 5.